The molecule has 0 fully saturated rings. The molecule has 0 aliphatic rings. The predicted octanol–water partition coefficient (Wildman–Crippen LogP) is 4.74. The van der Waals surface area contributed by atoms with Crippen LogP contribution in [0.5, 0.6) is 11.6 Å². The van der Waals surface area contributed by atoms with Crippen LogP contribution in [0, 0.1) is 18.3 Å². The molecule has 0 unspecified atom stereocenters. The van der Waals surface area contributed by atoms with Crippen molar-refractivity contribution in [1.29, 1.82) is 5.26 Å². The minimum Gasteiger partial charge on any atom is -0.494 e. The summed E-state index contributed by atoms with van der Waals surface area (Å²) in [6, 6.07) is 8.56. The Bertz CT molecular complexity index is 1030. The van der Waals surface area contributed by atoms with E-state index < -0.39 is 17.2 Å². The Kier molecular flexibility index (Phi) is 10.1. The second-order valence-electron chi connectivity index (χ2n) is 8.30. The lowest BCUT2D eigenvalue weighted by Gasteiger charge is -2.16. The normalized spacial score (nSPS) is 10.9. The van der Waals surface area contributed by atoms with E-state index in [2.05, 4.69) is 6.92 Å². The third-order valence-corrected chi connectivity index (χ3v) is 5.39. The van der Waals surface area contributed by atoms with E-state index in [0.717, 1.165) is 23.8 Å². The highest BCUT2D eigenvalue weighted by molar-refractivity contribution is 6.11. The number of pyridine rings is 1. The summed E-state index contributed by atoms with van der Waals surface area (Å²) < 4.78 is 12.3. The maximum absolute atomic E-state index is 13.2. The Hall–Kier alpha value is -3.11. The van der Waals surface area contributed by atoms with E-state index in [-0.39, 0.29) is 29.3 Å². The molecule has 1 aromatic heterocycles. The lowest BCUT2D eigenvalue weighted by Crippen LogP contribution is -2.27. The fourth-order valence-corrected chi connectivity index (χ4v) is 3.54. The molecular formula is C26H34N2O5. The van der Waals surface area contributed by atoms with Crippen molar-refractivity contribution in [3.8, 4) is 17.7 Å². The first-order chi connectivity index (χ1) is 15.8. The summed E-state index contributed by atoms with van der Waals surface area (Å²) in [6.07, 6.45) is 4.93. The number of carbonyl (C=O) groups is 1. The third kappa shape index (κ3) is 6.93. The molecule has 0 atom stereocenters. The third-order valence-electron chi connectivity index (χ3n) is 5.39. The van der Waals surface area contributed by atoms with Crippen LogP contribution in [-0.2, 0) is 11.3 Å². The molecule has 1 heterocycles. The molecule has 0 amide bonds. The fraction of sp³-hybridized carbons (Fsp3) is 0.500. The number of nitrogens with zero attached hydrogens (tertiary/aromatic N) is 2. The molecule has 2 aromatic rings. The lowest BCUT2D eigenvalue weighted by molar-refractivity contribution is 0.0743. The number of rotatable bonds is 13. The summed E-state index contributed by atoms with van der Waals surface area (Å²) in [5.41, 5.74) is -0.280. The van der Waals surface area contributed by atoms with E-state index >= 15 is 0 Å². The Labute approximate surface area is 195 Å². The van der Waals surface area contributed by atoms with E-state index in [1.807, 2.05) is 19.9 Å². The van der Waals surface area contributed by atoms with Crippen LogP contribution >= 0.6 is 0 Å². The van der Waals surface area contributed by atoms with Crippen molar-refractivity contribution in [3.63, 3.8) is 0 Å². The highest BCUT2D eigenvalue weighted by Crippen LogP contribution is 2.26. The van der Waals surface area contributed by atoms with Crippen LogP contribution in [0.2, 0.25) is 0 Å². The van der Waals surface area contributed by atoms with Crippen LogP contribution in [0.15, 0.2) is 29.1 Å². The molecule has 0 aliphatic carbocycles. The first-order valence-electron chi connectivity index (χ1n) is 11.6. The van der Waals surface area contributed by atoms with Crippen molar-refractivity contribution >= 4 is 5.78 Å². The van der Waals surface area contributed by atoms with E-state index in [1.165, 1.54) is 13.3 Å². The van der Waals surface area contributed by atoms with Gasteiger partial charge in [-0.3, -0.25) is 14.2 Å². The first kappa shape index (κ1) is 26.1. The van der Waals surface area contributed by atoms with Crippen LogP contribution in [-0.4, -0.2) is 34.8 Å². The first-order valence-corrected chi connectivity index (χ1v) is 11.6. The predicted molar refractivity (Wildman–Crippen MR) is 127 cm³/mol. The molecule has 0 aliphatic heterocycles. The zero-order valence-electron chi connectivity index (χ0n) is 20.0. The molecule has 2 rings (SSSR count). The quantitative estimate of drug-likeness (QED) is 0.346. The van der Waals surface area contributed by atoms with Gasteiger partial charge in [0.1, 0.15) is 17.4 Å². The van der Waals surface area contributed by atoms with Gasteiger partial charge in [0.2, 0.25) is 5.88 Å². The van der Waals surface area contributed by atoms with E-state index in [0.29, 0.717) is 30.9 Å². The monoisotopic (exact) mass is 454 g/mol. The summed E-state index contributed by atoms with van der Waals surface area (Å²) in [4.78, 5) is 25.9. The number of carbonyl (C=O) groups excluding carboxylic acids is 1. The molecule has 0 saturated carbocycles. The maximum Gasteiger partial charge on any atom is 0.271 e. The van der Waals surface area contributed by atoms with Crippen LogP contribution < -0.4 is 10.3 Å². The van der Waals surface area contributed by atoms with Gasteiger partial charge >= 0.3 is 0 Å². The molecular weight excluding hydrogens is 420 g/mol. The number of ketones is 1. The summed E-state index contributed by atoms with van der Waals surface area (Å²) >= 11 is 0. The number of nitriles is 1. The standard InChI is InChI=1S/C26H34N2O5/c1-5-6-7-8-15-33-21-12-10-20(11-13-21)24(29)23-19(4)22(17-27)25(30)28(26(23)31)14-9-16-32-18(2)3/h10-13,18,31H,5-9,14-16H2,1-4H3. The zero-order chi connectivity index (χ0) is 24.4. The molecule has 7 heteroatoms. The number of hydrogen-bond donors (Lipinski definition) is 1. The summed E-state index contributed by atoms with van der Waals surface area (Å²) in [5.74, 6) is -0.220. The molecule has 1 aromatic carbocycles. The Morgan fingerprint density at radius 2 is 1.82 bits per heavy atom. The van der Waals surface area contributed by atoms with Gasteiger partial charge in [0.05, 0.1) is 18.3 Å². The molecule has 7 nitrogen and oxygen atoms in total. The molecule has 0 radical (unpaired) electrons. The minimum atomic E-state index is -0.611. The van der Waals surface area contributed by atoms with Gasteiger partial charge in [0.15, 0.2) is 5.78 Å². The van der Waals surface area contributed by atoms with Crippen molar-refractivity contribution in [2.45, 2.75) is 72.4 Å². The van der Waals surface area contributed by atoms with Gasteiger partial charge in [-0.05, 0) is 63.4 Å². The summed E-state index contributed by atoms with van der Waals surface area (Å²) in [5, 5.41) is 20.3. The fourth-order valence-electron chi connectivity index (χ4n) is 3.54. The smallest absolute Gasteiger partial charge is 0.271 e. The number of ether oxygens (including phenoxy) is 2. The molecule has 0 bridgehead atoms. The van der Waals surface area contributed by atoms with Crippen LogP contribution in [0.1, 0.15) is 79.9 Å². The number of aromatic nitrogens is 1. The van der Waals surface area contributed by atoms with Gasteiger partial charge in [-0.15, -0.1) is 0 Å². The molecule has 0 spiro atoms. The van der Waals surface area contributed by atoms with Crippen molar-refractivity contribution < 1.29 is 19.4 Å². The Balaban J connectivity index is 2.25. The number of aromatic hydroxyl groups is 1. The SMILES string of the molecule is CCCCCCOc1ccc(C(=O)c2c(C)c(C#N)c(=O)n(CCCOC(C)C)c2O)cc1. The largest absolute Gasteiger partial charge is 0.494 e. The van der Waals surface area contributed by atoms with Gasteiger partial charge in [-0.25, -0.2) is 0 Å². The number of hydrogen-bond acceptors (Lipinski definition) is 6. The topological polar surface area (TPSA) is 102 Å². The maximum atomic E-state index is 13.2. The molecule has 178 valence electrons. The van der Waals surface area contributed by atoms with Crippen molar-refractivity contribution in [2.24, 2.45) is 0 Å². The molecule has 1 N–H and O–H groups in total. The lowest BCUT2D eigenvalue weighted by atomic mass is 9.97. The van der Waals surface area contributed by atoms with E-state index in [1.54, 1.807) is 24.3 Å². The summed E-state index contributed by atoms with van der Waals surface area (Å²) in [7, 11) is 0. The number of unbranched alkanes of at least 4 members (excludes halogenated alkanes) is 3. The average Bonchev–Trinajstić information content (AvgIpc) is 2.78. The van der Waals surface area contributed by atoms with Gasteiger partial charge in [0, 0.05) is 18.7 Å². The van der Waals surface area contributed by atoms with E-state index in [4.69, 9.17) is 9.47 Å². The van der Waals surface area contributed by atoms with Crippen LogP contribution in [0.25, 0.3) is 0 Å². The van der Waals surface area contributed by atoms with Gasteiger partial charge in [-0.2, -0.15) is 5.26 Å². The Morgan fingerprint density at radius 1 is 1.12 bits per heavy atom. The van der Waals surface area contributed by atoms with Crippen LogP contribution in [0.4, 0.5) is 0 Å². The second kappa shape index (κ2) is 12.8. The van der Waals surface area contributed by atoms with Gasteiger partial charge < -0.3 is 14.6 Å². The zero-order valence-corrected chi connectivity index (χ0v) is 20.0. The number of benzene rings is 1. The minimum absolute atomic E-state index is 0.0378. The molecule has 0 saturated heterocycles. The average molecular weight is 455 g/mol. The van der Waals surface area contributed by atoms with Crippen LogP contribution in [0.3, 0.4) is 0 Å². The summed E-state index contributed by atoms with van der Waals surface area (Å²) in [6.45, 7) is 8.62. The van der Waals surface area contributed by atoms with E-state index in [9.17, 15) is 20.0 Å². The second-order valence-corrected chi connectivity index (χ2v) is 8.30. The highest BCUT2D eigenvalue weighted by Gasteiger charge is 2.24. The van der Waals surface area contributed by atoms with Crippen molar-refractivity contribution in [1.82, 2.24) is 4.57 Å². The van der Waals surface area contributed by atoms with Crippen molar-refractivity contribution in [3.05, 3.63) is 56.9 Å². The Morgan fingerprint density at radius 3 is 2.42 bits per heavy atom. The van der Waals surface area contributed by atoms with Gasteiger partial charge in [0.25, 0.3) is 5.56 Å². The van der Waals surface area contributed by atoms with Gasteiger partial charge in [-0.1, -0.05) is 26.2 Å². The van der Waals surface area contributed by atoms with Crippen molar-refractivity contribution in [2.75, 3.05) is 13.2 Å². The highest BCUT2D eigenvalue weighted by atomic mass is 16.5. The molecule has 33 heavy (non-hydrogen) atoms.